The number of thiazole rings is 1. The third kappa shape index (κ3) is 8.06. The van der Waals surface area contributed by atoms with Crippen molar-refractivity contribution in [1.82, 2.24) is 24.6 Å². The normalized spacial score (nSPS) is 12.8. The van der Waals surface area contributed by atoms with Crippen LogP contribution < -0.4 is 14.9 Å². The van der Waals surface area contributed by atoms with Crippen LogP contribution in [0, 0.1) is 6.92 Å². The zero-order chi connectivity index (χ0) is 32.1. The number of benzene rings is 3. The van der Waals surface area contributed by atoms with Crippen LogP contribution >= 0.6 is 23.6 Å². The first kappa shape index (κ1) is 32.1. The fourth-order valence-corrected chi connectivity index (χ4v) is 5.89. The Morgan fingerprint density at radius 1 is 1.07 bits per heavy atom. The van der Waals surface area contributed by atoms with Crippen LogP contribution in [0.5, 0.6) is 5.75 Å². The summed E-state index contributed by atoms with van der Waals surface area (Å²) in [6.07, 6.45) is -0.290. The molecule has 0 aliphatic heterocycles. The number of hydrogen-bond acceptors (Lipinski definition) is 5. The van der Waals surface area contributed by atoms with Crippen LogP contribution in [0.4, 0.5) is 13.2 Å². The third-order valence-electron chi connectivity index (χ3n) is 7.31. The highest BCUT2D eigenvalue weighted by Crippen LogP contribution is 2.26. The van der Waals surface area contributed by atoms with Gasteiger partial charge in [0, 0.05) is 29.6 Å². The van der Waals surface area contributed by atoms with Crippen molar-refractivity contribution in [3.8, 4) is 28.5 Å². The van der Waals surface area contributed by atoms with Gasteiger partial charge in [-0.15, -0.1) is 29.6 Å². The van der Waals surface area contributed by atoms with Gasteiger partial charge in [0.1, 0.15) is 12.1 Å². The molecule has 3 aromatic carbocycles. The lowest BCUT2D eigenvalue weighted by atomic mass is 9.95. The highest BCUT2D eigenvalue weighted by molar-refractivity contribution is 7.80. The molecule has 7 nitrogen and oxygen atoms in total. The Morgan fingerprint density at radius 2 is 1.80 bits per heavy atom. The maximum Gasteiger partial charge on any atom is 0.573 e. The first-order valence-corrected chi connectivity index (χ1v) is 15.8. The summed E-state index contributed by atoms with van der Waals surface area (Å²) in [6, 6.07) is 20.0. The van der Waals surface area contributed by atoms with Crippen LogP contribution in [0.1, 0.15) is 55.7 Å². The molecule has 234 valence electrons. The molecule has 1 N–H and O–H groups in total. The summed E-state index contributed by atoms with van der Waals surface area (Å²) < 4.78 is 44.9. The molecule has 12 heteroatoms. The number of halogens is 3. The topological polar surface area (TPSA) is 69.3 Å². The quantitative estimate of drug-likeness (QED) is 0.163. The zero-order valence-corrected chi connectivity index (χ0v) is 26.9. The maximum atomic E-state index is 12.4. The van der Waals surface area contributed by atoms with Crippen molar-refractivity contribution < 1.29 is 17.9 Å². The van der Waals surface area contributed by atoms with Crippen LogP contribution in [0.3, 0.4) is 0 Å². The molecule has 5 aromatic rings. The summed E-state index contributed by atoms with van der Waals surface area (Å²) in [6.45, 7) is 9.23. The average Bonchev–Trinajstić information content (AvgIpc) is 3.68. The molecule has 0 aliphatic rings. The lowest BCUT2D eigenvalue weighted by Gasteiger charge is -2.17. The van der Waals surface area contributed by atoms with Gasteiger partial charge < -0.3 is 10.1 Å². The fourth-order valence-electron chi connectivity index (χ4n) is 4.95. The average molecular weight is 651 g/mol. The molecular formula is C33H33F3N6OS2. The Morgan fingerprint density at radius 3 is 2.47 bits per heavy atom. The van der Waals surface area contributed by atoms with E-state index < -0.39 is 6.36 Å². The number of ether oxygens (including phenoxy) is 1. The van der Waals surface area contributed by atoms with Crippen molar-refractivity contribution in [1.29, 1.82) is 0 Å². The van der Waals surface area contributed by atoms with E-state index in [0.717, 1.165) is 28.0 Å². The van der Waals surface area contributed by atoms with Gasteiger partial charge in [0.05, 0.1) is 11.4 Å². The highest BCUT2D eigenvalue weighted by atomic mass is 32.1. The summed E-state index contributed by atoms with van der Waals surface area (Å²) >= 11 is 7.18. The largest absolute Gasteiger partial charge is 0.573 e. The van der Waals surface area contributed by atoms with E-state index in [1.165, 1.54) is 46.4 Å². The summed E-state index contributed by atoms with van der Waals surface area (Å²) in [5.41, 5.74) is 6.09. The number of alkyl halides is 3. The number of nitrogens with one attached hydrogen (secondary N) is 1. The first-order chi connectivity index (χ1) is 21.5. The van der Waals surface area contributed by atoms with E-state index in [1.807, 2.05) is 35.8 Å². The minimum Gasteiger partial charge on any atom is -0.406 e. The lowest BCUT2D eigenvalue weighted by molar-refractivity contribution is -0.274. The zero-order valence-electron chi connectivity index (χ0n) is 25.2. The van der Waals surface area contributed by atoms with Crippen LogP contribution in [0.15, 0.2) is 89.6 Å². The highest BCUT2D eigenvalue weighted by Gasteiger charge is 2.31. The monoisotopic (exact) mass is 650 g/mol. The molecule has 45 heavy (non-hydrogen) atoms. The van der Waals surface area contributed by atoms with E-state index in [0.29, 0.717) is 29.1 Å². The molecule has 1 unspecified atom stereocenters. The molecule has 0 aliphatic carbocycles. The van der Waals surface area contributed by atoms with Gasteiger partial charge >= 0.3 is 6.36 Å². The van der Waals surface area contributed by atoms with E-state index in [-0.39, 0.29) is 11.7 Å². The molecule has 2 aromatic heterocycles. The number of hydrogen-bond donors (Lipinski definition) is 1. The van der Waals surface area contributed by atoms with Crippen LogP contribution in [0.2, 0.25) is 0 Å². The van der Waals surface area contributed by atoms with Gasteiger partial charge in [-0.3, -0.25) is 4.57 Å². The van der Waals surface area contributed by atoms with Gasteiger partial charge in [-0.25, -0.2) is 9.67 Å². The number of thiocarbonyl (C=S) groups is 1. The fraction of sp³-hybridized carbons (Fsp3) is 0.273. The van der Waals surface area contributed by atoms with E-state index in [2.05, 4.69) is 70.6 Å². The summed E-state index contributed by atoms with van der Waals surface area (Å²) in [5, 5.41) is 10.3. The second-order valence-electron chi connectivity index (χ2n) is 10.9. The van der Waals surface area contributed by atoms with Crippen molar-refractivity contribution in [2.75, 3.05) is 6.54 Å². The van der Waals surface area contributed by atoms with Gasteiger partial charge in [-0.2, -0.15) is 4.99 Å². The summed E-state index contributed by atoms with van der Waals surface area (Å²) in [5.74, 6) is 0.780. The van der Waals surface area contributed by atoms with Crippen LogP contribution in [0.25, 0.3) is 22.8 Å². The Bertz CT molecular complexity index is 1820. The predicted octanol–water partition coefficient (Wildman–Crippen LogP) is 8.09. The molecule has 0 fully saturated rings. The Balaban J connectivity index is 1.24. The number of rotatable bonds is 9. The van der Waals surface area contributed by atoms with E-state index >= 15 is 0 Å². The van der Waals surface area contributed by atoms with E-state index in [1.54, 1.807) is 11.3 Å². The lowest BCUT2D eigenvalue weighted by Crippen LogP contribution is -2.28. The molecule has 0 radical (unpaired) electrons. The predicted molar refractivity (Wildman–Crippen MR) is 175 cm³/mol. The first-order valence-electron chi connectivity index (χ1n) is 14.5. The SMILES string of the molecule is CCC(CNC(=S)N=c1sccn1-c1cc(C)ccc1C(C)C)c1ccc(-c2ncn(-c3ccc(OC(F)(F)F)cc3)n2)cc1. The van der Waals surface area contributed by atoms with Crippen molar-refractivity contribution in [3.63, 3.8) is 0 Å². The molecule has 5 rings (SSSR count). The molecule has 2 heterocycles. The standard InChI is InChI=1S/C33H33F3N6OS2/c1-5-23(19-37-31(44)39-32-41(16-17-45-32)29-18-22(4)6-15-28(29)21(2)3)24-7-9-25(10-8-24)30-38-20-42(40-30)26-11-13-27(14-12-26)43-33(34,35)36/h6-18,20-21,23H,5,19H2,1-4H3,(H,37,44). The summed E-state index contributed by atoms with van der Waals surface area (Å²) in [4.78, 5) is 9.95. The van der Waals surface area contributed by atoms with Gasteiger partial charge in [0.15, 0.2) is 15.7 Å². The molecule has 0 saturated heterocycles. The van der Waals surface area contributed by atoms with Crippen molar-refractivity contribution >= 4 is 28.7 Å². The van der Waals surface area contributed by atoms with Gasteiger partial charge in [-0.05, 0) is 78.5 Å². The number of aryl methyl sites for hydroxylation is 1. The molecule has 0 saturated carbocycles. The van der Waals surface area contributed by atoms with Crippen LogP contribution in [-0.4, -0.2) is 37.4 Å². The molecule has 1 atom stereocenters. The van der Waals surface area contributed by atoms with Gasteiger partial charge in [0.25, 0.3) is 0 Å². The molecular weight excluding hydrogens is 618 g/mol. The number of aromatic nitrogens is 4. The van der Waals surface area contributed by atoms with Crippen molar-refractivity contribution in [3.05, 3.63) is 106 Å². The van der Waals surface area contributed by atoms with E-state index in [9.17, 15) is 13.2 Å². The second kappa shape index (κ2) is 13.8. The van der Waals surface area contributed by atoms with Crippen LogP contribution in [-0.2, 0) is 0 Å². The van der Waals surface area contributed by atoms with Crippen molar-refractivity contribution in [2.45, 2.75) is 52.3 Å². The Kier molecular flexibility index (Phi) is 9.83. The van der Waals surface area contributed by atoms with Gasteiger partial charge in [0.2, 0.25) is 0 Å². The smallest absolute Gasteiger partial charge is 0.406 e. The van der Waals surface area contributed by atoms with Crippen molar-refractivity contribution in [2.24, 2.45) is 4.99 Å². The van der Waals surface area contributed by atoms with E-state index in [4.69, 9.17) is 17.2 Å². The Hall–Kier alpha value is -4.29. The third-order valence-corrected chi connectivity index (χ3v) is 8.31. The van der Waals surface area contributed by atoms with Gasteiger partial charge in [-0.1, -0.05) is 57.2 Å². The minimum atomic E-state index is -4.74. The molecule has 0 spiro atoms. The summed E-state index contributed by atoms with van der Waals surface area (Å²) in [7, 11) is 0. The number of nitrogens with zero attached hydrogens (tertiary/aromatic N) is 5. The minimum absolute atomic E-state index is 0.204. The maximum absolute atomic E-state index is 12.4. The molecule has 0 bridgehead atoms. The Labute approximate surface area is 269 Å². The second-order valence-corrected chi connectivity index (χ2v) is 12.1. The molecule has 0 amide bonds.